The first-order valence-corrected chi connectivity index (χ1v) is 7.01. The molecule has 1 aromatic rings. The van der Waals surface area contributed by atoms with Crippen LogP contribution in [0.5, 0.6) is 0 Å². The highest BCUT2D eigenvalue weighted by molar-refractivity contribution is 6.33. The molecule has 0 aromatic carbocycles. The van der Waals surface area contributed by atoms with Crippen molar-refractivity contribution in [3.05, 3.63) is 16.4 Å². The first-order chi connectivity index (χ1) is 8.61. The van der Waals surface area contributed by atoms with E-state index in [0.717, 1.165) is 38.2 Å². The van der Waals surface area contributed by atoms with Crippen molar-refractivity contribution in [2.45, 2.75) is 25.8 Å². The fourth-order valence-corrected chi connectivity index (χ4v) is 2.78. The van der Waals surface area contributed by atoms with Gasteiger partial charge in [0, 0.05) is 32.2 Å². The molecule has 0 amide bonds. The van der Waals surface area contributed by atoms with Gasteiger partial charge >= 0.3 is 0 Å². The van der Waals surface area contributed by atoms with Gasteiger partial charge in [0.05, 0.1) is 5.69 Å². The summed E-state index contributed by atoms with van der Waals surface area (Å²) in [5.41, 5.74) is 0.867. The molecule has 0 bridgehead atoms. The van der Waals surface area contributed by atoms with E-state index in [2.05, 4.69) is 26.9 Å². The van der Waals surface area contributed by atoms with Crippen LogP contribution in [0.3, 0.4) is 0 Å². The number of nitrogens with zero attached hydrogens (tertiary/aromatic N) is 4. The molecule has 1 aliphatic rings. The van der Waals surface area contributed by atoms with Gasteiger partial charge in [-0.1, -0.05) is 30.1 Å². The smallest absolute Gasteiger partial charge is 0.175 e. The summed E-state index contributed by atoms with van der Waals surface area (Å²) in [6.45, 7) is 5.60. The molecule has 6 heteroatoms. The van der Waals surface area contributed by atoms with Gasteiger partial charge < -0.3 is 9.80 Å². The summed E-state index contributed by atoms with van der Waals surface area (Å²) in [4.78, 5) is 4.64. The predicted molar refractivity (Wildman–Crippen MR) is 75.6 cm³/mol. The van der Waals surface area contributed by atoms with Crippen molar-refractivity contribution in [3.63, 3.8) is 0 Å². The number of halogens is 2. The summed E-state index contributed by atoms with van der Waals surface area (Å²) in [7, 11) is 2.05. The minimum Gasteiger partial charge on any atom is -0.369 e. The summed E-state index contributed by atoms with van der Waals surface area (Å²) >= 11 is 12.0. The third-order valence-electron chi connectivity index (χ3n) is 3.63. The van der Waals surface area contributed by atoms with Crippen molar-refractivity contribution in [3.8, 4) is 0 Å². The Kier molecular flexibility index (Phi) is 4.65. The van der Waals surface area contributed by atoms with Crippen LogP contribution in [0.1, 0.15) is 19.8 Å². The third kappa shape index (κ3) is 3.05. The lowest BCUT2D eigenvalue weighted by Gasteiger charge is -2.37. The summed E-state index contributed by atoms with van der Waals surface area (Å²) in [5.74, 6) is 0. The molecular formula is C12H18Cl2N4. The van der Waals surface area contributed by atoms with E-state index in [1.807, 2.05) is 7.05 Å². The summed E-state index contributed by atoms with van der Waals surface area (Å²) in [5, 5.41) is 8.40. The van der Waals surface area contributed by atoms with E-state index in [0.29, 0.717) is 16.3 Å². The molecule has 1 aliphatic heterocycles. The molecular weight excluding hydrogens is 271 g/mol. The van der Waals surface area contributed by atoms with Crippen LogP contribution < -0.4 is 4.90 Å². The standard InChI is InChI=1S/C12H18Cl2N4/c1-3-18-6-4-9(5-7-18)17(2)10-8-11(13)15-16-12(10)14/h8-9H,3-7H2,1-2H3. The molecule has 0 spiro atoms. The minimum absolute atomic E-state index is 0.382. The van der Waals surface area contributed by atoms with Gasteiger partial charge in [-0.15, -0.1) is 10.2 Å². The second kappa shape index (κ2) is 6.04. The van der Waals surface area contributed by atoms with Crippen LogP contribution >= 0.6 is 23.2 Å². The quantitative estimate of drug-likeness (QED) is 0.856. The molecule has 0 unspecified atom stereocenters. The lowest BCUT2D eigenvalue weighted by molar-refractivity contribution is 0.221. The van der Waals surface area contributed by atoms with Crippen LogP contribution in [0.4, 0.5) is 5.69 Å². The fourth-order valence-electron chi connectivity index (χ4n) is 2.41. The van der Waals surface area contributed by atoms with E-state index < -0.39 is 0 Å². The second-order valence-corrected chi connectivity index (χ2v) is 5.36. The molecule has 0 radical (unpaired) electrons. The van der Waals surface area contributed by atoms with E-state index in [9.17, 15) is 0 Å². The highest BCUT2D eigenvalue weighted by Gasteiger charge is 2.23. The Morgan fingerprint density at radius 1 is 1.33 bits per heavy atom. The van der Waals surface area contributed by atoms with E-state index in [1.165, 1.54) is 0 Å². The average Bonchev–Trinajstić information content (AvgIpc) is 2.41. The number of hydrogen-bond donors (Lipinski definition) is 0. The van der Waals surface area contributed by atoms with Gasteiger partial charge in [-0.3, -0.25) is 0 Å². The molecule has 18 heavy (non-hydrogen) atoms. The Bertz CT molecular complexity index is 405. The van der Waals surface area contributed by atoms with Crippen molar-refractivity contribution >= 4 is 28.9 Å². The molecule has 0 aliphatic carbocycles. The first kappa shape index (κ1) is 13.8. The summed E-state index contributed by atoms with van der Waals surface area (Å²) < 4.78 is 0. The van der Waals surface area contributed by atoms with E-state index in [1.54, 1.807) is 6.07 Å². The van der Waals surface area contributed by atoms with E-state index >= 15 is 0 Å². The van der Waals surface area contributed by atoms with Crippen molar-refractivity contribution in [2.24, 2.45) is 0 Å². The van der Waals surface area contributed by atoms with Crippen molar-refractivity contribution in [2.75, 3.05) is 31.6 Å². The zero-order chi connectivity index (χ0) is 13.1. The van der Waals surface area contributed by atoms with Crippen LogP contribution in [0, 0.1) is 0 Å². The number of anilines is 1. The van der Waals surface area contributed by atoms with Crippen LogP contribution in [0.25, 0.3) is 0 Å². The SMILES string of the molecule is CCN1CCC(N(C)c2cc(Cl)nnc2Cl)CC1. The molecule has 1 aromatic heterocycles. The number of rotatable bonds is 3. The zero-order valence-corrected chi connectivity index (χ0v) is 12.2. The Morgan fingerprint density at radius 2 is 2.00 bits per heavy atom. The Balaban J connectivity index is 2.07. The van der Waals surface area contributed by atoms with Gasteiger partial charge in [-0.2, -0.15) is 0 Å². The molecule has 0 atom stereocenters. The molecule has 100 valence electrons. The van der Waals surface area contributed by atoms with Gasteiger partial charge in [0.25, 0.3) is 0 Å². The van der Waals surface area contributed by atoms with Gasteiger partial charge in [0.1, 0.15) is 0 Å². The third-order valence-corrected chi connectivity index (χ3v) is 4.09. The predicted octanol–water partition coefficient (Wildman–Crippen LogP) is 2.70. The lowest BCUT2D eigenvalue weighted by atomic mass is 10.0. The molecule has 0 saturated carbocycles. The Hall–Kier alpha value is -0.580. The molecule has 1 fully saturated rings. The largest absolute Gasteiger partial charge is 0.369 e. The highest BCUT2D eigenvalue weighted by Crippen LogP contribution is 2.28. The summed E-state index contributed by atoms with van der Waals surface area (Å²) in [6, 6.07) is 2.27. The van der Waals surface area contributed by atoms with Gasteiger partial charge in [0.15, 0.2) is 10.3 Å². The molecule has 0 N–H and O–H groups in total. The van der Waals surface area contributed by atoms with Crippen molar-refractivity contribution in [1.82, 2.24) is 15.1 Å². The van der Waals surface area contributed by atoms with Gasteiger partial charge in [-0.25, -0.2) is 0 Å². The Labute approximate surface area is 118 Å². The maximum atomic E-state index is 6.08. The van der Waals surface area contributed by atoms with Gasteiger partial charge in [-0.05, 0) is 19.4 Å². The fraction of sp³-hybridized carbons (Fsp3) is 0.667. The lowest BCUT2D eigenvalue weighted by Crippen LogP contribution is -2.43. The monoisotopic (exact) mass is 288 g/mol. The molecule has 2 rings (SSSR count). The highest BCUT2D eigenvalue weighted by atomic mass is 35.5. The van der Waals surface area contributed by atoms with E-state index in [-0.39, 0.29) is 0 Å². The maximum Gasteiger partial charge on any atom is 0.175 e. The summed E-state index contributed by atoms with van der Waals surface area (Å²) in [6.07, 6.45) is 2.28. The van der Waals surface area contributed by atoms with Crippen LogP contribution in [0.2, 0.25) is 10.3 Å². The minimum atomic E-state index is 0.382. The zero-order valence-electron chi connectivity index (χ0n) is 10.7. The average molecular weight is 289 g/mol. The van der Waals surface area contributed by atoms with Crippen LogP contribution in [-0.2, 0) is 0 Å². The van der Waals surface area contributed by atoms with Crippen molar-refractivity contribution < 1.29 is 0 Å². The number of piperidine rings is 1. The van der Waals surface area contributed by atoms with Crippen LogP contribution in [0.15, 0.2) is 6.07 Å². The molecule has 4 nitrogen and oxygen atoms in total. The molecule has 2 heterocycles. The van der Waals surface area contributed by atoms with Crippen LogP contribution in [-0.4, -0.2) is 47.8 Å². The Morgan fingerprint density at radius 3 is 2.61 bits per heavy atom. The van der Waals surface area contributed by atoms with Gasteiger partial charge in [0.2, 0.25) is 0 Å². The van der Waals surface area contributed by atoms with E-state index in [4.69, 9.17) is 23.2 Å². The first-order valence-electron chi connectivity index (χ1n) is 6.25. The maximum absolute atomic E-state index is 6.08. The topological polar surface area (TPSA) is 32.3 Å². The number of aromatic nitrogens is 2. The number of hydrogen-bond acceptors (Lipinski definition) is 4. The van der Waals surface area contributed by atoms with Crippen molar-refractivity contribution in [1.29, 1.82) is 0 Å². The normalized spacial score (nSPS) is 18.0. The second-order valence-electron chi connectivity index (χ2n) is 4.62. The number of likely N-dealkylation sites (tertiary alicyclic amines) is 1. The molecule has 1 saturated heterocycles.